The fraction of sp³-hybridized carbons (Fsp3) is 0.379. The highest BCUT2D eigenvalue weighted by molar-refractivity contribution is 7.72. The minimum absolute atomic E-state index is 0.104. The molecule has 2 atom stereocenters. The molecule has 1 aliphatic rings. The Hall–Kier alpha value is -3.37. The van der Waals surface area contributed by atoms with Gasteiger partial charge in [0.2, 0.25) is 5.88 Å². The van der Waals surface area contributed by atoms with Crippen molar-refractivity contribution < 1.29 is 26.7 Å². The Balaban J connectivity index is 1.42. The van der Waals surface area contributed by atoms with E-state index < -0.39 is 22.6 Å². The van der Waals surface area contributed by atoms with Crippen LogP contribution >= 0.6 is 0 Å². The number of amides is 1. The summed E-state index contributed by atoms with van der Waals surface area (Å²) in [5.74, 6) is 0.0371. The van der Waals surface area contributed by atoms with Gasteiger partial charge in [-0.3, -0.25) is 9.69 Å². The topological polar surface area (TPSA) is 88.6 Å². The standard InChI is InChI=1S/C29H33F2N3O4S/c1-18(2)27-25-10-9-24(28(35)33-15-20-4-7-22(8-5-20)19(3)39(36)37)14-23(25)12-13-34(27)17-21-6-11-26(32-16-21)38-29(30)31/h4-11,14,16,18-19,27,29,39H,12-13,15,17H2,1-3H3,(H,33,35)/t19?,27-/m0/s1. The zero-order valence-corrected chi connectivity index (χ0v) is 23.0. The van der Waals surface area contributed by atoms with Crippen LogP contribution in [0.15, 0.2) is 60.8 Å². The maximum atomic E-state index is 12.9. The second kappa shape index (κ2) is 12.7. The van der Waals surface area contributed by atoms with Crippen molar-refractivity contribution in [2.75, 3.05) is 6.54 Å². The number of thiol groups is 1. The molecular formula is C29H33F2N3O4S. The van der Waals surface area contributed by atoms with Crippen LogP contribution < -0.4 is 10.1 Å². The third-order valence-corrected chi connectivity index (χ3v) is 7.97. The van der Waals surface area contributed by atoms with E-state index in [1.807, 2.05) is 30.3 Å². The van der Waals surface area contributed by atoms with Gasteiger partial charge in [0.05, 0.1) is 5.25 Å². The third kappa shape index (κ3) is 7.19. The van der Waals surface area contributed by atoms with E-state index in [4.69, 9.17) is 0 Å². The Labute approximate surface area is 229 Å². The Morgan fingerprint density at radius 1 is 1.08 bits per heavy atom. The normalized spacial score (nSPS) is 16.4. The summed E-state index contributed by atoms with van der Waals surface area (Å²) in [6, 6.07) is 16.4. The molecule has 0 aliphatic carbocycles. The van der Waals surface area contributed by atoms with Gasteiger partial charge in [0.15, 0.2) is 0 Å². The Bertz CT molecular complexity index is 1350. The van der Waals surface area contributed by atoms with Crippen molar-refractivity contribution in [3.05, 3.63) is 94.2 Å². The van der Waals surface area contributed by atoms with Crippen LogP contribution in [-0.4, -0.2) is 37.4 Å². The minimum Gasteiger partial charge on any atom is -0.417 e. The van der Waals surface area contributed by atoms with Crippen molar-refractivity contribution >= 4 is 16.6 Å². The molecule has 0 fully saturated rings. The quantitative estimate of drug-likeness (QED) is 0.340. The van der Waals surface area contributed by atoms with Crippen LogP contribution in [0.25, 0.3) is 0 Å². The molecule has 208 valence electrons. The molecule has 2 heterocycles. The first-order valence-electron chi connectivity index (χ1n) is 12.9. The number of hydrogen-bond donors (Lipinski definition) is 2. The summed E-state index contributed by atoms with van der Waals surface area (Å²) in [7, 11) is -2.53. The number of carbonyl (C=O) groups excluding carboxylic acids is 1. The molecule has 1 amide bonds. The molecule has 0 bridgehead atoms. The predicted octanol–water partition coefficient (Wildman–Crippen LogP) is 5.04. The Morgan fingerprint density at radius 3 is 2.41 bits per heavy atom. The number of benzene rings is 2. The van der Waals surface area contributed by atoms with E-state index in [2.05, 4.69) is 33.8 Å². The molecule has 10 heteroatoms. The second-order valence-electron chi connectivity index (χ2n) is 10.1. The van der Waals surface area contributed by atoms with Gasteiger partial charge in [-0.2, -0.15) is 8.78 Å². The number of rotatable bonds is 10. The van der Waals surface area contributed by atoms with E-state index in [1.54, 1.807) is 31.3 Å². The van der Waals surface area contributed by atoms with E-state index in [-0.39, 0.29) is 17.8 Å². The van der Waals surface area contributed by atoms with E-state index >= 15 is 0 Å². The molecule has 2 aromatic carbocycles. The fourth-order valence-corrected chi connectivity index (χ4v) is 5.45. The number of carbonyl (C=O) groups is 1. The maximum absolute atomic E-state index is 12.9. The van der Waals surface area contributed by atoms with E-state index in [0.717, 1.165) is 35.2 Å². The van der Waals surface area contributed by atoms with Crippen LogP contribution in [0.3, 0.4) is 0 Å². The Morgan fingerprint density at radius 2 is 1.79 bits per heavy atom. The van der Waals surface area contributed by atoms with Crippen LogP contribution in [0.2, 0.25) is 0 Å². The molecule has 1 unspecified atom stereocenters. The Kier molecular flexibility index (Phi) is 9.29. The molecule has 0 spiro atoms. The number of halogens is 2. The summed E-state index contributed by atoms with van der Waals surface area (Å²) in [5, 5.41) is 2.41. The van der Waals surface area contributed by atoms with Crippen LogP contribution in [0.5, 0.6) is 5.88 Å². The average Bonchev–Trinajstić information content (AvgIpc) is 2.91. The first kappa shape index (κ1) is 28.6. The van der Waals surface area contributed by atoms with E-state index in [9.17, 15) is 22.0 Å². The molecule has 0 radical (unpaired) electrons. The van der Waals surface area contributed by atoms with Gasteiger partial charge < -0.3 is 10.1 Å². The first-order valence-corrected chi connectivity index (χ1v) is 14.1. The number of nitrogens with one attached hydrogen (secondary N) is 1. The SMILES string of the molecule is CC(C)[C@H]1c2ccc(C(=O)NCc3ccc(C(C)[SH](=O)=O)cc3)cc2CCN1Cc1ccc(OC(F)F)nc1. The number of nitrogens with zero attached hydrogens (tertiary/aromatic N) is 2. The lowest BCUT2D eigenvalue weighted by atomic mass is 9.85. The molecule has 1 aliphatic heterocycles. The van der Waals surface area contributed by atoms with Gasteiger partial charge in [-0.15, -0.1) is 0 Å². The lowest BCUT2D eigenvalue weighted by molar-refractivity contribution is -0.0528. The van der Waals surface area contributed by atoms with Crippen LogP contribution in [0.1, 0.15) is 70.2 Å². The molecule has 3 aromatic rings. The molecule has 7 nitrogen and oxygen atoms in total. The van der Waals surface area contributed by atoms with E-state index in [1.165, 1.54) is 11.6 Å². The van der Waals surface area contributed by atoms with Crippen molar-refractivity contribution in [2.45, 2.75) is 58.2 Å². The highest BCUT2D eigenvalue weighted by Gasteiger charge is 2.30. The molecular weight excluding hydrogens is 524 g/mol. The summed E-state index contributed by atoms with van der Waals surface area (Å²) >= 11 is 0. The summed E-state index contributed by atoms with van der Waals surface area (Å²) in [5.41, 5.74) is 5.43. The number of hydrogen-bond acceptors (Lipinski definition) is 6. The fourth-order valence-electron chi connectivity index (χ4n) is 5.03. The predicted molar refractivity (Wildman–Crippen MR) is 145 cm³/mol. The largest absolute Gasteiger partial charge is 0.417 e. The van der Waals surface area contributed by atoms with Crippen LogP contribution in [0.4, 0.5) is 8.78 Å². The zero-order valence-electron chi connectivity index (χ0n) is 22.1. The van der Waals surface area contributed by atoms with Gasteiger partial charge in [-0.25, -0.2) is 13.4 Å². The molecule has 4 rings (SSSR count). The maximum Gasteiger partial charge on any atom is 0.388 e. The molecule has 0 saturated heterocycles. The van der Waals surface area contributed by atoms with Gasteiger partial charge in [-0.1, -0.05) is 50.2 Å². The van der Waals surface area contributed by atoms with Gasteiger partial charge in [0, 0.05) is 43.5 Å². The number of ether oxygens (including phenoxy) is 1. The smallest absolute Gasteiger partial charge is 0.388 e. The summed E-state index contributed by atoms with van der Waals surface area (Å²) in [6.07, 6.45) is 2.35. The highest BCUT2D eigenvalue weighted by Crippen LogP contribution is 2.36. The lowest BCUT2D eigenvalue weighted by Gasteiger charge is -2.40. The van der Waals surface area contributed by atoms with Crippen molar-refractivity contribution in [3.8, 4) is 5.88 Å². The number of fused-ring (bicyclic) bond motifs is 1. The third-order valence-electron chi connectivity index (χ3n) is 7.04. The van der Waals surface area contributed by atoms with E-state index in [0.29, 0.717) is 24.6 Å². The monoisotopic (exact) mass is 557 g/mol. The number of pyridine rings is 1. The van der Waals surface area contributed by atoms with Crippen LogP contribution in [0, 0.1) is 5.92 Å². The average molecular weight is 558 g/mol. The zero-order chi connectivity index (χ0) is 28.1. The van der Waals surface area contributed by atoms with Crippen LogP contribution in [-0.2, 0) is 30.2 Å². The molecule has 1 N–H and O–H groups in total. The molecule has 0 saturated carbocycles. The minimum atomic E-state index is -2.90. The number of alkyl halides is 2. The van der Waals surface area contributed by atoms with Crippen molar-refractivity contribution in [2.24, 2.45) is 5.92 Å². The molecule has 1 aromatic heterocycles. The first-order chi connectivity index (χ1) is 18.6. The van der Waals surface area contributed by atoms with Gasteiger partial charge in [0.25, 0.3) is 5.91 Å². The summed E-state index contributed by atoms with van der Waals surface area (Å²) in [4.78, 5) is 19.3. The lowest BCUT2D eigenvalue weighted by Crippen LogP contribution is -2.38. The summed E-state index contributed by atoms with van der Waals surface area (Å²) in [6.45, 7) is 4.81. The highest BCUT2D eigenvalue weighted by atomic mass is 32.2. The second-order valence-corrected chi connectivity index (χ2v) is 11.4. The van der Waals surface area contributed by atoms with Gasteiger partial charge >= 0.3 is 6.61 Å². The van der Waals surface area contributed by atoms with Gasteiger partial charge in [-0.05, 0) is 59.2 Å². The van der Waals surface area contributed by atoms with Crippen molar-refractivity contribution in [1.82, 2.24) is 15.2 Å². The molecule has 39 heavy (non-hydrogen) atoms. The summed E-state index contributed by atoms with van der Waals surface area (Å²) < 4.78 is 51.6. The van der Waals surface area contributed by atoms with Gasteiger partial charge in [0.1, 0.15) is 10.7 Å². The van der Waals surface area contributed by atoms with Crippen molar-refractivity contribution in [1.29, 1.82) is 0 Å². The van der Waals surface area contributed by atoms with Crippen molar-refractivity contribution in [3.63, 3.8) is 0 Å². The number of aromatic nitrogens is 1.